The van der Waals surface area contributed by atoms with Crippen LogP contribution in [0.3, 0.4) is 0 Å². The molecule has 0 aliphatic rings. The van der Waals surface area contributed by atoms with Gasteiger partial charge < -0.3 is 14.8 Å². The van der Waals surface area contributed by atoms with Gasteiger partial charge in [-0.2, -0.15) is 5.10 Å². The van der Waals surface area contributed by atoms with Crippen LogP contribution < -0.4 is 20.2 Å². The topological polar surface area (TPSA) is 54.9 Å². The third kappa shape index (κ3) is 5.19. The molecule has 0 aliphatic carbocycles. The van der Waals surface area contributed by atoms with Gasteiger partial charge >= 0.3 is 0 Å². The zero-order chi connectivity index (χ0) is 18.2. The number of nitrogens with one attached hydrogen (secondary N) is 2. The van der Waals surface area contributed by atoms with E-state index >= 15 is 0 Å². The molecule has 0 atom stereocenters. The molecule has 25 heavy (non-hydrogen) atoms. The average Bonchev–Trinajstić information content (AvgIpc) is 2.62. The number of aryl methyl sites for hydroxylation is 1. The fraction of sp³-hybridized carbons (Fsp3) is 0.263. The van der Waals surface area contributed by atoms with Crippen LogP contribution >= 0.6 is 12.2 Å². The smallest absolute Gasteiger partial charge is 0.191 e. The van der Waals surface area contributed by atoms with Crippen LogP contribution in [0.25, 0.3) is 0 Å². The van der Waals surface area contributed by atoms with Crippen molar-refractivity contribution in [2.45, 2.75) is 20.3 Å². The van der Waals surface area contributed by atoms with E-state index in [0.717, 1.165) is 28.9 Å². The molecule has 2 aromatic rings. The molecule has 2 rings (SSSR count). The van der Waals surface area contributed by atoms with E-state index in [9.17, 15) is 0 Å². The quantitative estimate of drug-likeness (QED) is 0.463. The number of nitrogens with zero attached hydrogens (tertiary/aromatic N) is 1. The van der Waals surface area contributed by atoms with Crippen LogP contribution in [0.5, 0.6) is 11.5 Å². The predicted octanol–water partition coefficient (Wildman–Crippen LogP) is 4.11. The van der Waals surface area contributed by atoms with Crippen molar-refractivity contribution < 1.29 is 9.47 Å². The number of benzene rings is 2. The molecule has 0 saturated heterocycles. The predicted molar refractivity (Wildman–Crippen MR) is 107 cm³/mol. The molecule has 0 bridgehead atoms. The van der Waals surface area contributed by atoms with Gasteiger partial charge in [0, 0.05) is 11.3 Å². The second-order valence-corrected chi connectivity index (χ2v) is 5.83. The lowest BCUT2D eigenvalue weighted by Gasteiger charge is -2.12. The third-order valence-corrected chi connectivity index (χ3v) is 3.81. The molecule has 2 aromatic carbocycles. The van der Waals surface area contributed by atoms with Gasteiger partial charge in [0.25, 0.3) is 0 Å². The highest BCUT2D eigenvalue weighted by Gasteiger charge is 2.08. The fourth-order valence-corrected chi connectivity index (χ4v) is 2.53. The molecule has 0 saturated carbocycles. The lowest BCUT2D eigenvalue weighted by molar-refractivity contribution is 0.355. The Balaban J connectivity index is 2.10. The highest BCUT2D eigenvalue weighted by Crippen LogP contribution is 2.28. The molecule has 132 valence electrons. The molecule has 0 fully saturated rings. The summed E-state index contributed by atoms with van der Waals surface area (Å²) >= 11 is 5.31. The van der Waals surface area contributed by atoms with Gasteiger partial charge in [0.05, 0.1) is 19.9 Å². The summed E-state index contributed by atoms with van der Waals surface area (Å²) in [7, 11) is 3.23. The van der Waals surface area contributed by atoms with Crippen molar-refractivity contribution in [1.29, 1.82) is 0 Å². The number of hydrogen-bond acceptors (Lipinski definition) is 4. The SMILES string of the molecule is CC/C(=N/NC(=S)Nc1cccc(C)c1)c1ccc(OC)c(OC)c1. The molecule has 0 aliphatic heterocycles. The first kappa shape index (κ1) is 18.7. The monoisotopic (exact) mass is 357 g/mol. The molecule has 2 N–H and O–H groups in total. The van der Waals surface area contributed by atoms with Crippen LogP contribution in [0.1, 0.15) is 24.5 Å². The highest BCUT2D eigenvalue weighted by molar-refractivity contribution is 7.80. The summed E-state index contributed by atoms with van der Waals surface area (Å²) in [4.78, 5) is 0. The van der Waals surface area contributed by atoms with Gasteiger partial charge in [-0.25, -0.2) is 0 Å². The van der Waals surface area contributed by atoms with Crippen molar-refractivity contribution in [2.24, 2.45) is 5.10 Å². The minimum absolute atomic E-state index is 0.442. The molecule has 0 amide bonds. The van der Waals surface area contributed by atoms with Crippen molar-refractivity contribution >= 4 is 28.7 Å². The van der Waals surface area contributed by atoms with E-state index in [2.05, 4.69) is 15.8 Å². The molecular weight excluding hydrogens is 334 g/mol. The van der Waals surface area contributed by atoms with Crippen molar-refractivity contribution in [3.63, 3.8) is 0 Å². The van der Waals surface area contributed by atoms with Crippen LogP contribution in [0.2, 0.25) is 0 Å². The van der Waals surface area contributed by atoms with E-state index in [-0.39, 0.29) is 0 Å². The van der Waals surface area contributed by atoms with Gasteiger partial charge in [-0.05, 0) is 61.5 Å². The maximum Gasteiger partial charge on any atom is 0.191 e. The fourth-order valence-electron chi connectivity index (χ4n) is 2.36. The Labute approximate surface area is 154 Å². The van der Waals surface area contributed by atoms with E-state index < -0.39 is 0 Å². The van der Waals surface area contributed by atoms with Gasteiger partial charge in [0.15, 0.2) is 16.6 Å². The zero-order valence-electron chi connectivity index (χ0n) is 14.9. The Morgan fingerprint density at radius 3 is 2.48 bits per heavy atom. The van der Waals surface area contributed by atoms with E-state index in [1.54, 1.807) is 14.2 Å². The Kier molecular flexibility index (Phi) is 6.77. The Bertz CT molecular complexity index is 775. The molecule has 0 heterocycles. The van der Waals surface area contributed by atoms with Crippen molar-refractivity contribution in [3.8, 4) is 11.5 Å². The molecule has 5 nitrogen and oxygen atoms in total. The number of thiocarbonyl (C=S) groups is 1. The van der Waals surface area contributed by atoms with Gasteiger partial charge in [-0.3, -0.25) is 5.43 Å². The number of methoxy groups -OCH3 is 2. The highest BCUT2D eigenvalue weighted by atomic mass is 32.1. The Morgan fingerprint density at radius 1 is 1.08 bits per heavy atom. The Morgan fingerprint density at radius 2 is 1.84 bits per heavy atom. The van der Waals surface area contributed by atoms with Crippen molar-refractivity contribution in [3.05, 3.63) is 53.6 Å². The maximum atomic E-state index is 5.35. The standard InChI is InChI=1S/C19H23N3O2S/c1-5-16(14-9-10-17(23-3)18(12-14)24-4)21-22-19(25)20-15-8-6-7-13(2)11-15/h6-12H,5H2,1-4H3,(H2,20,22,25)/b21-16-. The second kappa shape index (κ2) is 9.03. The van der Waals surface area contributed by atoms with Gasteiger partial charge in [-0.1, -0.05) is 19.1 Å². The summed E-state index contributed by atoms with van der Waals surface area (Å²) < 4.78 is 10.6. The van der Waals surface area contributed by atoms with Gasteiger partial charge in [0.2, 0.25) is 0 Å². The molecule has 6 heteroatoms. The third-order valence-electron chi connectivity index (χ3n) is 3.62. The van der Waals surface area contributed by atoms with E-state index in [1.165, 1.54) is 0 Å². The van der Waals surface area contributed by atoms with Crippen molar-refractivity contribution in [2.75, 3.05) is 19.5 Å². The van der Waals surface area contributed by atoms with Crippen LogP contribution in [0, 0.1) is 6.92 Å². The van der Waals surface area contributed by atoms with E-state index in [1.807, 2.05) is 56.3 Å². The van der Waals surface area contributed by atoms with Crippen LogP contribution in [0.4, 0.5) is 5.69 Å². The summed E-state index contributed by atoms with van der Waals surface area (Å²) in [5, 5.41) is 7.99. The Hall–Kier alpha value is -2.60. The summed E-state index contributed by atoms with van der Waals surface area (Å²) in [6, 6.07) is 13.7. The first-order valence-corrected chi connectivity index (χ1v) is 8.40. The minimum atomic E-state index is 0.442. The van der Waals surface area contributed by atoms with Gasteiger partial charge in [-0.15, -0.1) is 0 Å². The molecule has 0 unspecified atom stereocenters. The van der Waals surface area contributed by atoms with E-state index in [4.69, 9.17) is 21.7 Å². The van der Waals surface area contributed by atoms with Crippen LogP contribution in [-0.4, -0.2) is 25.0 Å². The number of anilines is 1. The molecule has 0 radical (unpaired) electrons. The minimum Gasteiger partial charge on any atom is -0.493 e. The second-order valence-electron chi connectivity index (χ2n) is 5.42. The van der Waals surface area contributed by atoms with Gasteiger partial charge in [0.1, 0.15) is 0 Å². The summed E-state index contributed by atoms with van der Waals surface area (Å²) in [6.07, 6.45) is 0.746. The number of ether oxygens (including phenoxy) is 2. The first-order valence-electron chi connectivity index (χ1n) is 8.00. The first-order chi connectivity index (χ1) is 12.1. The average molecular weight is 357 g/mol. The maximum absolute atomic E-state index is 5.35. The van der Waals surface area contributed by atoms with Crippen molar-refractivity contribution in [1.82, 2.24) is 5.43 Å². The summed E-state index contributed by atoms with van der Waals surface area (Å²) in [6.45, 7) is 4.07. The molecule has 0 aromatic heterocycles. The normalized spacial score (nSPS) is 11.0. The lowest BCUT2D eigenvalue weighted by atomic mass is 10.1. The lowest BCUT2D eigenvalue weighted by Crippen LogP contribution is -2.25. The summed E-state index contributed by atoms with van der Waals surface area (Å²) in [5.41, 5.74) is 6.81. The van der Waals surface area contributed by atoms with E-state index in [0.29, 0.717) is 16.6 Å². The summed E-state index contributed by atoms with van der Waals surface area (Å²) in [5.74, 6) is 1.35. The number of hydrazone groups is 1. The number of rotatable bonds is 6. The number of hydrogen-bond donors (Lipinski definition) is 2. The molecular formula is C19H23N3O2S. The zero-order valence-corrected chi connectivity index (χ0v) is 15.7. The molecule has 0 spiro atoms. The van der Waals surface area contributed by atoms with Crippen LogP contribution in [-0.2, 0) is 0 Å². The van der Waals surface area contributed by atoms with Crippen LogP contribution in [0.15, 0.2) is 47.6 Å². The largest absolute Gasteiger partial charge is 0.493 e.